The number of nitrogens with zero attached hydrogens (tertiary/aromatic N) is 2. The Bertz CT molecular complexity index is 728. The van der Waals surface area contributed by atoms with Crippen molar-refractivity contribution < 1.29 is 4.79 Å². The number of carbonyl (C=O) groups is 1. The lowest BCUT2D eigenvalue weighted by Crippen LogP contribution is -2.44. The lowest BCUT2D eigenvalue weighted by atomic mass is 10.1. The van der Waals surface area contributed by atoms with Gasteiger partial charge in [0.2, 0.25) is 0 Å². The van der Waals surface area contributed by atoms with Crippen LogP contribution in [-0.4, -0.2) is 28.1 Å². The Morgan fingerprint density at radius 2 is 2.09 bits per heavy atom. The number of urea groups is 1. The minimum absolute atomic E-state index is 0.113. The van der Waals surface area contributed by atoms with Crippen LogP contribution in [0, 0.1) is 0 Å². The van der Waals surface area contributed by atoms with Gasteiger partial charge in [-0.1, -0.05) is 25.0 Å². The third-order valence-electron chi connectivity index (χ3n) is 5.39. The van der Waals surface area contributed by atoms with Gasteiger partial charge in [-0.3, -0.25) is 0 Å². The Kier molecular flexibility index (Phi) is 3.76. The van der Waals surface area contributed by atoms with Crippen LogP contribution >= 0.6 is 0 Å². The summed E-state index contributed by atoms with van der Waals surface area (Å²) in [6, 6.07) is 6.98. The van der Waals surface area contributed by atoms with E-state index in [0.29, 0.717) is 6.04 Å². The first-order chi connectivity index (χ1) is 11.3. The fourth-order valence-electron chi connectivity index (χ4n) is 4.15. The zero-order chi connectivity index (χ0) is 15.8. The van der Waals surface area contributed by atoms with Crippen molar-refractivity contribution in [3.8, 4) is 0 Å². The highest BCUT2D eigenvalue weighted by atomic mass is 16.2. The lowest BCUT2D eigenvalue weighted by Gasteiger charge is -2.24. The first-order valence-corrected chi connectivity index (χ1v) is 8.91. The molecule has 4 rings (SSSR count). The quantitative estimate of drug-likeness (QED) is 0.902. The van der Waals surface area contributed by atoms with E-state index in [1.54, 1.807) is 0 Å². The Labute approximate surface area is 137 Å². The molecule has 2 aromatic rings. The second kappa shape index (κ2) is 5.91. The molecule has 0 unspecified atom stereocenters. The van der Waals surface area contributed by atoms with E-state index in [4.69, 9.17) is 0 Å². The van der Waals surface area contributed by atoms with Gasteiger partial charge < -0.3 is 14.8 Å². The molecule has 1 saturated carbocycles. The van der Waals surface area contributed by atoms with Crippen LogP contribution in [0.5, 0.6) is 0 Å². The van der Waals surface area contributed by atoms with Crippen LogP contribution in [0.2, 0.25) is 0 Å². The second-order valence-corrected chi connectivity index (χ2v) is 6.85. The molecular weight excluding hydrogens is 286 g/mol. The molecule has 2 aliphatic rings. The zero-order valence-electron chi connectivity index (χ0n) is 13.8. The van der Waals surface area contributed by atoms with Gasteiger partial charge in [0.1, 0.15) is 0 Å². The maximum atomic E-state index is 12.6. The smallest absolute Gasteiger partial charge is 0.317 e. The summed E-state index contributed by atoms with van der Waals surface area (Å²) in [6.45, 7) is 4.70. The number of hydrogen-bond acceptors (Lipinski definition) is 1. The minimum atomic E-state index is 0.113. The van der Waals surface area contributed by atoms with E-state index < -0.39 is 0 Å². The molecule has 1 aliphatic carbocycles. The summed E-state index contributed by atoms with van der Waals surface area (Å²) in [6.07, 6.45) is 7.98. The molecule has 0 spiro atoms. The predicted octanol–water partition coefficient (Wildman–Crippen LogP) is 3.67. The number of amides is 2. The summed E-state index contributed by atoms with van der Waals surface area (Å²) >= 11 is 0. The van der Waals surface area contributed by atoms with E-state index in [2.05, 4.69) is 41.2 Å². The van der Waals surface area contributed by atoms with Gasteiger partial charge in [-0.2, -0.15) is 0 Å². The summed E-state index contributed by atoms with van der Waals surface area (Å²) in [7, 11) is 0. The summed E-state index contributed by atoms with van der Waals surface area (Å²) < 4.78 is 2.32. The molecule has 2 amide bonds. The topological polar surface area (TPSA) is 37.3 Å². The van der Waals surface area contributed by atoms with E-state index in [1.165, 1.54) is 34.9 Å². The first-order valence-electron chi connectivity index (χ1n) is 8.91. The highest BCUT2D eigenvalue weighted by Crippen LogP contribution is 2.29. The molecule has 0 radical (unpaired) electrons. The summed E-state index contributed by atoms with van der Waals surface area (Å²) in [5, 5.41) is 4.60. The third-order valence-corrected chi connectivity index (χ3v) is 5.39. The van der Waals surface area contributed by atoms with E-state index >= 15 is 0 Å². The van der Waals surface area contributed by atoms with Crippen molar-refractivity contribution in [1.29, 1.82) is 0 Å². The van der Waals surface area contributed by atoms with Crippen LogP contribution in [0.1, 0.15) is 43.7 Å². The third kappa shape index (κ3) is 2.60. The summed E-state index contributed by atoms with van der Waals surface area (Å²) in [5.74, 6) is 0. The van der Waals surface area contributed by atoms with Crippen LogP contribution in [0.15, 0.2) is 24.4 Å². The molecule has 1 aromatic carbocycles. The molecule has 0 saturated heterocycles. The molecule has 1 fully saturated rings. The molecule has 4 heteroatoms. The Morgan fingerprint density at radius 1 is 1.26 bits per heavy atom. The number of aromatic nitrogens is 1. The molecule has 1 aromatic heterocycles. The lowest BCUT2D eigenvalue weighted by molar-refractivity contribution is 0.192. The van der Waals surface area contributed by atoms with Crippen molar-refractivity contribution in [2.45, 2.75) is 58.2 Å². The van der Waals surface area contributed by atoms with Crippen molar-refractivity contribution >= 4 is 16.9 Å². The van der Waals surface area contributed by atoms with Gasteiger partial charge in [0.05, 0.1) is 0 Å². The summed E-state index contributed by atoms with van der Waals surface area (Å²) in [5.41, 5.74) is 3.97. The molecule has 0 atom stereocenters. The fraction of sp³-hybridized carbons (Fsp3) is 0.526. The number of rotatable bonds is 2. The maximum absolute atomic E-state index is 12.6. The highest BCUT2D eigenvalue weighted by molar-refractivity contribution is 5.88. The Morgan fingerprint density at radius 3 is 2.87 bits per heavy atom. The molecular formula is C19H25N3O. The van der Waals surface area contributed by atoms with Crippen molar-refractivity contribution in [3.05, 3.63) is 35.5 Å². The second-order valence-electron chi connectivity index (χ2n) is 6.85. The highest BCUT2D eigenvalue weighted by Gasteiger charge is 2.24. The van der Waals surface area contributed by atoms with Gasteiger partial charge in [0.25, 0.3) is 0 Å². The minimum Gasteiger partial charge on any atom is -0.347 e. The van der Waals surface area contributed by atoms with Gasteiger partial charge in [-0.15, -0.1) is 0 Å². The molecule has 1 aliphatic heterocycles. The van der Waals surface area contributed by atoms with Gasteiger partial charge in [-0.25, -0.2) is 4.79 Å². The van der Waals surface area contributed by atoms with Crippen LogP contribution in [0.4, 0.5) is 4.79 Å². The monoisotopic (exact) mass is 311 g/mol. The van der Waals surface area contributed by atoms with E-state index in [0.717, 1.165) is 38.9 Å². The first kappa shape index (κ1) is 14.6. The van der Waals surface area contributed by atoms with Crippen LogP contribution in [0.3, 0.4) is 0 Å². The number of nitrogens with one attached hydrogen (secondary N) is 1. The number of aryl methyl sites for hydroxylation is 1. The van der Waals surface area contributed by atoms with Gasteiger partial charge in [0, 0.05) is 42.8 Å². The van der Waals surface area contributed by atoms with Gasteiger partial charge in [0.15, 0.2) is 0 Å². The van der Waals surface area contributed by atoms with E-state index in [1.807, 2.05) is 4.90 Å². The molecule has 2 heterocycles. The zero-order valence-corrected chi connectivity index (χ0v) is 13.8. The van der Waals surface area contributed by atoms with Crippen LogP contribution in [-0.2, 0) is 19.5 Å². The van der Waals surface area contributed by atoms with Crippen LogP contribution in [0.25, 0.3) is 10.9 Å². The molecule has 122 valence electrons. The van der Waals surface area contributed by atoms with Crippen molar-refractivity contribution in [2.75, 3.05) is 6.54 Å². The van der Waals surface area contributed by atoms with Crippen molar-refractivity contribution in [1.82, 2.24) is 14.8 Å². The molecule has 1 N–H and O–H groups in total. The largest absolute Gasteiger partial charge is 0.347 e. The molecule has 4 nitrogen and oxygen atoms in total. The van der Waals surface area contributed by atoms with Crippen molar-refractivity contribution in [2.24, 2.45) is 0 Å². The maximum Gasteiger partial charge on any atom is 0.317 e. The van der Waals surface area contributed by atoms with E-state index in [9.17, 15) is 4.79 Å². The van der Waals surface area contributed by atoms with Gasteiger partial charge in [-0.05, 0) is 43.4 Å². The average molecular weight is 311 g/mol. The summed E-state index contributed by atoms with van der Waals surface area (Å²) in [4.78, 5) is 14.6. The molecule has 23 heavy (non-hydrogen) atoms. The Balaban J connectivity index is 1.60. The Hall–Kier alpha value is -1.97. The van der Waals surface area contributed by atoms with Crippen molar-refractivity contribution in [3.63, 3.8) is 0 Å². The predicted molar refractivity (Wildman–Crippen MR) is 92.5 cm³/mol. The average Bonchev–Trinajstić information content (AvgIpc) is 3.14. The normalized spacial score (nSPS) is 18.4. The fourth-order valence-corrected chi connectivity index (χ4v) is 4.15. The molecule has 0 bridgehead atoms. The SMILES string of the molecule is CCn1cc2c3c(cccc31)CN(C(=O)NC1CCCC1)CC2. The number of carbonyl (C=O) groups excluding carboxylic acids is 1. The number of hydrogen-bond donors (Lipinski definition) is 1. The van der Waals surface area contributed by atoms with E-state index in [-0.39, 0.29) is 6.03 Å². The number of benzene rings is 1. The van der Waals surface area contributed by atoms with Crippen LogP contribution < -0.4 is 5.32 Å². The standard InChI is InChI=1S/C19H25N3O/c1-2-21-12-15-10-11-22(19(23)20-16-7-3-4-8-16)13-14-6-5-9-17(21)18(14)15/h5-6,9,12,16H,2-4,7-8,10-11,13H2,1H3,(H,20,23). The van der Waals surface area contributed by atoms with Gasteiger partial charge >= 0.3 is 6.03 Å².